The van der Waals surface area contributed by atoms with Crippen molar-refractivity contribution in [1.29, 1.82) is 0 Å². The molecular formula is C24H31BrN4O3. The van der Waals surface area contributed by atoms with E-state index in [1.54, 1.807) is 9.47 Å². The number of fused-ring (bicyclic) bond motifs is 3. The zero-order valence-electron chi connectivity index (χ0n) is 19.6. The largest absolute Gasteiger partial charge is 0.444 e. The van der Waals surface area contributed by atoms with E-state index in [1.807, 2.05) is 47.1 Å². The number of rotatable bonds is 2. The number of piperidine rings is 1. The molecule has 0 saturated carbocycles. The molecule has 4 rings (SSSR count). The molecule has 1 saturated heterocycles. The second-order valence-electron chi connectivity index (χ2n) is 9.80. The summed E-state index contributed by atoms with van der Waals surface area (Å²) >= 11 is 3.70. The van der Waals surface area contributed by atoms with E-state index in [0.717, 1.165) is 40.8 Å². The second kappa shape index (κ2) is 8.21. The second-order valence-corrected chi connectivity index (χ2v) is 11.2. The fraction of sp³-hybridized carbons (Fsp3) is 0.542. The molecule has 1 aliphatic rings. The zero-order valence-corrected chi connectivity index (χ0v) is 21.2. The van der Waals surface area contributed by atoms with Crippen molar-refractivity contribution < 1.29 is 9.53 Å². The number of benzene rings is 1. The van der Waals surface area contributed by atoms with Gasteiger partial charge >= 0.3 is 6.09 Å². The number of halogens is 1. The molecule has 1 unspecified atom stereocenters. The first-order chi connectivity index (χ1) is 15.0. The van der Waals surface area contributed by atoms with Gasteiger partial charge in [0.1, 0.15) is 17.6 Å². The van der Waals surface area contributed by atoms with Gasteiger partial charge in [0, 0.05) is 30.9 Å². The Balaban J connectivity index is 1.73. The van der Waals surface area contributed by atoms with Gasteiger partial charge in [0.2, 0.25) is 0 Å². The van der Waals surface area contributed by atoms with Gasteiger partial charge in [-0.05, 0) is 64.7 Å². The maximum absolute atomic E-state index is 13.3. The number of alkyl halides is 1. The van der Waals surface area contributed by atoms with Crippen LogP contribution in [0.2, 0.25) is 0 Å². The Bertz CT molecular complexity index is 1240. The van der Waals surface area contributed by atoms with Gasteiger partial charge < -0.3 is 9.64 Å². The van der Waals surface area contributed by atoms with Crippen molar-refractivity contribution in [3.63, 3.8) is 0 Å². The number of ether oxygens (including phenoxy) is 1. The van der Waals surface area contributed by atoms with Gasteiger partial charge in [-0.1, -0.05) is 22.0 Å². The van der Waals surface area contributed by atoms with Crippen LogP contribution in [0, 0.1) is 6.92 Å². The van der Waals surface area contributed by atoms with E-state index in [4.69, 9.17) is 9.72 Å². The molecule has 8 heteroatoms. The number of hydrogen-bond donors (Lipinski definition) is 0. The SMILES string of the molecule is Cc1cc(C(C)Br)c2c(c1)c(=O)n(C)c1c(C3CCN(C(=O)OC(C)(C)C)CC3)ncn21. The average Bonchev–Trinajstić information content (AvgIpc) is 3.15. The lowest BCUT2D eigenvalue weighted by Gasteiger charge is -2.33. The molecule has 3 heterocycles. The monoisotopic (exact) mass is 502 g/mol. The van der Waals surface area contributed by atoms with Crippen LogP contribution in [0.25, 0.3) is 16.6 Å². The van der Waals surface area contributed by atoms with Gasteiger partial charge in [-0.25, -0.2) is 9.78 Å². The van der Waals surface area contributed by atoms with E-state index >= 15 is 0 Å². The molecular weight excluding hydrogens is 472 g/mol. The molecule has 3 aromatic rings. The summed E-state index contributed by atoms with van der Waals surface area (Å²) in [5.41, 5.74) is 4.27. The molecule has 1 aliphatic heterocycles. The number of aryl methyl sites for hydroxylation is 2. The van der Waals surface area contributed by atoms with Crippen molar-refractivity contribution in [3.05, 3.63) is 45.6 Å². The van der Waals surface area contributed by atoms with Crippen LogP contribution in [0.15, 0.2) is 23.3 Å². The molecule has 1 amide bonds. The van der Waals surface area contributed by atoms with E-state index in [2.05, 4.69) is 33.3 Å². The van der Waals surface area contributed by atoms with E-state index in [9.17, 15) is 9.59 Å². The van der Waals surface area contributed by atoms with Crippen LogP contribution >= 0.6 is 15.9 Å². The van der Waals surface area contributed by atoms with Crippen molar-refractivity contribution in [3.8, 4) is 0 Å². The fourth-order valence-electron chi connectivity index (χ4n) is 4.62. The van der Waals surface area contributed by atoms with Crippen LogP contribution in [0.3, 0.4) is 0 Å². The molecule has 32 heavy (non-hydrogen) atoms. The van der Waals surface area contributed by atoms with Gasteiger partial charge in [-0.15, -0.1) is 0 Å². The van der Waals surface area contributed by atoms with Crippen LogP contribution in [0.5, 0.6) is 0 Å². The summed E-state index contributed by atoms with van der Waals surface area (Å²) in [6.45, 7) is 10.9. The highest BCUT2D eigenvalue weighted by atomic mass is 79.9. The summed E-state index contributed by atoms with van der Waals surface area (Å²) in [4.78, 5) is 32.4. The third-order valence-corrected chi connectivity index (χ3v) is 6.60. The number of aromatic nitrogens is 3. The minimum absolute atomic E-state index is 0.0152. The minimum Gasteiger partial charge on any atom is -0.444 e. The fourth-order valence-corrected chi connectivity index (χ4v) is 4.97. The van der Waals surface area contributed by atoms with Gasteiger partial charge in [0.05, 0.1) is 16.6 Å². The van der Waals surface area contributed by atoms with Gasteiger partial charge in [-0.3, -0.25) is 13.8 Å². The Morgan fingerprint density at radius 3 is 2.50 bits per heavy atom. The van der Waals surface area contributed by atoms with Gasteiger partial charge in [0.15, 0.2) is 0 Å². The lowest BCUT2D eigenvalue weighted by Crippen LogP contribution is -2.41. The van der Waals surface area contributed by atoms with Crippen LogP contribution in [0.1, 0.15) is 68.1 Å². The first kappa shape index (κ1) is 22.8. The number of nitrogens with zero attached hydrogens (tertiary/aromatic N) is 4. The quantitative estimate of drug-likeness (QED) is 0.459. The highest BCUT2D eigenvalue weighted by Gasteiger charge is 2.30. The Hall–Kier alpha value is -2.35. The van der Waals surface area contributed by atoms with E-state index < -0.39 is 5.60 Å². The Labute approximate surface area is 196 Å². The minimum atomic E-state index is -0.504. The highest BCUT2D eigenvalue weighted by Crippen LogP contribution is 2.34. The maximum Gasteiger partial charge on any atom is 0.410 e. The molecule has 1 fully saturated rings. The van der Waals surface area contributed by atoms with Gasteiger partial charge in [0.25, 0.3) is 5.56 Å². The smallest absolute Gasteiger partial charge is 0.410 e. The van der Waals surface area contributed by atoms with Crippen molar-refractivity contribution in [2.24, 2.45) is 7.05 Å². The molecule has 0 N–H and O–H groups in total. The molecule has 1 atom stereocenters. The molecule has 172 valence electrons. The summed E-state index contributed by atoms with van der Waals surface area (Å²) in [6, 6.07) is 4.08. The third-order valence-electron chi connectivity index (χ3n) is 6.11. The summed E-state index contributed by atoms with van der Waals surface area (Å²) in [5.74, 6) is 0.178. The normalized spacial score (nSPS) is 16.7. The summed E-state index contributed by atoms with van der Waals surface area (Å²) in [5, 5.41) is 0.699. The first-order valence-electron chi connectivity index (χ1n) is 11.1. The third kappa shape index (κ3) is 4.05. The number of imidazole rings is 1. The average molecular weight is 503 g/mol. The van der Waals surface area contributed by atoms with Gasteiger partial charge in [-0.2, -0.15) is 0 Å². The molecule has 0 radical (unpaired) electrons. The lowest BCUT2D eigenvalue weighted by molar-refractivity contribution is 0.0204. The molecule has 0 aliphatic carbocycles. The van der Waals surface area contributed by atoms with Crippen molar-refractivity contribution >= 4 is 38.6 Å². The van der Waals surface area contributed by atoms with E-state index in [-0.39, 0.29) is 22.4 Å². The maximum atomic E-state index is 13.3. The van der Waals surface area contributed by atoms with Crippen molar-refractivity contribution in [2.75, 3.05) is 13.1 Å². The van der Waals surface area contributed by atoms with E-state index in [1.165, 1.54) is 0 Å². The summed E-state index contributed by atoms with van der Waals surface area (Å²) in [6.07, 6.45) is 3.14. The number of carbonyl (C=O) groups excluding carboxylic acids is 1. The molecule has 7 nitrogen and oxygen atoms in total. The highest BCUT2D eigenvalue weighted by molar-refractivity contribution is 9.09. The van der Waals surface area contributed by atoms with Crippen LogP contribution in [-0.4, -0.2) is 43.6 Å². The lowest BCUT2D eigenvalue weighted by atomic mass is 9.93. The number of likely N-dealkylation sites (tertiary alicyclic amines) is 1. The number of carbonyl (C=O) groups is 1. The van der Waals surface area contributed by atoms with Crippen molar-refractivity contribution in [1.82, 2.24) is 18.9 Å². The Kier molecular flexibility index (Phi) is 5.86. The standard InChI is InChI=1S/C24H31BrN4O3/c1-14-11-17(15(2)25)20-18(12-14)22(30)27(6)21-19(26-13-29(20)21)16-7-9-28(10-8-16)23(31)32-24(3,4)5/h11-13,15-16H,7-10H2,1-6H3. The predicted octanol–water partition coefficient (Wildman–Crippen LogP) is 5.07. The van der Waals surface area contributed by atoms with Crippen LogP contribution < -0.4 is 5.56 Å². The van der Waals surface area contributed by atoms with Crippen LogP contribution in [-0.2, 0) is 11.8 Å². The predicted molar refractivity (Wildman–Crippen MR) is 130 cm³/mol. The first-order valence-corrected chi connectivity index (χ1v) is 12.0. The number of hydrogen-bond acceptors (Lipinski definition) is 4. The summed E-state index contributed by atoms with van der Waals surface area (Å²) in [7, 11) is 1.82. The summed E-state index contributed by atoms with van der Waals surface area (Å²) < 4.78 is 9.29. The topological polar surface area (TPSA) is 68.8 Å². The molecule has 0 bridgehead atoms. The molecule has 2 aromatic heterocycles. The molecule has 1 aromatic carbocycles. The van der Waals surface area contributed by atoms with Crippen LogP contribution in [0.4, 0.5) is 4.79 Å². The van der Waals surface area contributed by atoms with Crippen molar-refractivity contribution in [2.45, 2.75) is 63.8 Å². The Morgan fingerprint density at radius 2 is 1.91 bits per heavy atom. The molecule has 0 spiro atoms. The zero-order chi connectivity index (χ0) is 23.4. The number of amides is 1. The Morgan fingerprint density at radius 1 is 1.25 bits per heavy atom. The van der Waals surface area contributed by atoms with E-state index in [0.29, 0.717) is 18.5 Å².